The molecule has 1 aromatic rings. The lowest BCUT2D eigenvalue weighted by molar-refractivity contribution is -0.140. The number of hydrogen-bond acceptors (Lipinski definition) is 5. The standard InChI is InChI=1S/C11H12N2O6/c14-7-2-1-5-12-9(7)10(17)13-6(11(18)19)3-4-8(15)16/h1-2,5-6,14H,3-4H2,(H,13,17)(H,15,16)(H,18,19). The monoisotopic (exact) mass is 268 g/mol. The van der Waals surface area contributed by atoms with Crippen LogP contribution in [0, 0.1) is 0 Å². The molecule has 102 valence electrons. The van der Waals surface area contributed by atoms with Gasteiger partial charge in [0.1, 0.15) is 11.8 Å². The number of nitrogens with zero attached hydrogens (tertiary/aromatic N) is 1. The lowest BCUT2D eigenvalue weighted by atomic mass is 10.1. The van der Waals surface area contributed by atoms with Crippen LogP contribution >= 0.6 is 0 Å². The van der Waals surface area contributed by atoms with E-state index in [1.54, 1.807) is 0 Å². The Bertz CT molecular complexity index is 502. The van der Waals surface area contributed by atoms with E-state index in [4.69, 9.17) is 10.2 Å². The Kier molecular flexibility index (Phi) is 4.81. The number of carbonyl (C=O) groups excluding carboxylic acids is 1. The first-order chi connectivity index (χ1) is 8.91. The predicted octanol–water partition coefficient (Wildman–Crippen LogP) is -0.165. The number of amides is 1. The predicted molar refractivity (Wildman–Crippen MR) is 61.7 cm³/mol. The first-order valence-electron chi connectivity index (χ1n) is 5.31. The van der Waals surface area contributed by atoms with Crippen molar-refractivity contribution in [2.75, 3.05) is 0 Å². The van der Waals surface area contributed by atoms with Crippen LogP contribution in [0.25, 0.3) is 0 Å². The molecule has 1 atom stereocenters. The van der Waals surface area contributed by atoms with Crippen molar-refractivity contribution >= 4 is 17.8 Å². The second-order valence-corrected chi connectivity index (χ2v) is 3.67. The van der Waals surface area contributed by atoms with Crippen molar-refractivity contribution in [1.29, 1.82) is 0 Å². The summed E-state index contributed by atoms with van der Waals surface area (Å²) >= 11 is 0. The third-order valence-electron chi connectivity index (χ3n) is 2.25. The van der Waals surface area contributed by atoms with Crippen molar-refractivity contribution in [1.82, 2.24) is 10.3 Å². The number of hydrogen-bond donors (Lipinski definition) is 4. The molecule has 1 heterocycles. The minimum atomic E-state index is -1.36. The highest BCUT2D eigenvalue weighted by molar-refractivity contribution is 5.97. The fraction of sp³-hybridized carbons (Fsp3) is 0.273. The van der Waals surface area contributed by atoms with Crippen LogP contribution in [0.1, 0.15) is 23.3 Å². The van der Waals surface area contributed by atoms with Crippen LogP contribution in [0.4, 0.5) is 0 Å². The van der Waals surface area contributed by atoms with E-state index >= 15 is 0 Å². The summed E-state index contributed by atoms with van der Waals surface area (Å²) < 4.78 is 0. The van der Waals surface area contributed by atoms with Crippen molar-refractivity contribution in [3.8, 4) is 5.75 Å². The van der Waals surface area contributed by atoms with Gasteiger partial charge in [-0.1, -0.05) is 0 Å². The van der Waals surface area contributed by atoms with Crippen molar-refractivity contribution in [3.05, 3.63) is 24.0 Å². The first kappa shape index (κ1) is 14.4. The molecule has 0 fully saturated rings. The molecule has 0 bridgehead atoms. The summed E-state index contributed by atoms with van der Waals surface area (Å²) in [5.41, 5.74) is -0.316. The summed E-state index contributed by atoms with van der Waals surface area (Å²) in [5, 5.41) is 28.8. The van der Waals surface area contributed by atoms with Gasteiger partial charge in [0.05, 0.1) is 0 Å². The van der Waals surface area contributed by atoms with Crippen LogP contribution in [0.15, 0.2) is 18.3 Å². The fourth-order valence-corrected chi connectivity index (χ4v) is 1.32. The molecule has 0 aliphatic rings. The van der Waals surface area contributed by atoms with Gasteiger partial charge in [-0.3, -0.25) is 9.59 Å². The average Bonchev–Trinajstić information content (AvgIpc) is 2.34. The second kappa shape index (κ2) is 6.34. The van der Waals surface area contributed by atoms with E-state index in [9.17, 15) is 19.5 Å². The number of carbonyl (C=O) groups is 3. The van der Waals surface area contributed by atoms with E-state index in [-0.39, 0.29) is 17.9 Å². The van der Waals surface area contributed by atoms with Gasteiger partial charge in [-0.25, -0.2) is 9.78 Å². The molecule has 0 aliphatic carbocycles. The van der Waals surface area contributed by atoms with Crippen LogP contribution in [-0.4, -0.2) is 44.2 Å². The molecular formula is C11H12N2O6. The maximum Gasteiger partial charge on any atom is 0.326 e. The van der Waals surface area contributed by atoms with Crippen LogP contribution in [0.5, 0.6) is 5.75 Å². The Labute approximate surface area is 107 Å². The van der Waals surface area contributed by atoms with Crippen molar-refractivity contribution < 1.29 is 29.7 Å². The summed E-state index contributed by atoms with van der Waals surface area (Å²) in [7, 11) is 0. The van der Waals surface area contributed by atoms with Crippen molar-refractivity contribution in [2.24, 2.45) is 0 Å². The Hall–Kier alpha value is -2.64. The third-order valence-corrected chi connectivity index (χ3v) is 2.25. The minimum Gasteiger partial charge on any atom is -0.505 e. The highest BCUT2D eigenvalue weighted by Gasteiger charge is 2.23. The second-order valence-electron chi connectivity index (χ2n) is 3.67. The molecule has 0 spiro atoms. The van der Waals surface area contributed by atoms with Gasteiger partial charge in [-0.15, -0.1) is 0 Å². The van der Waals surface area contributed by atoms with E-state index in [0.717, 1.165) is 0 Å². The summed E-state index contributed by atoms with van der Waals surface area (Å²) in [4.78, 5) is 36.5. The summed E-state index contributed by atoms with van der Waals surface area (Å²) in [5.74, 6) is -3.79. The highest BCUT2D eigenvalue weighted by atomic mass is 16.4. The van der Waals surface area contributed by atoms with E-state index in [1.807, 2.05) is 0 Å². The number of aromatic hydroxyl groups is 1. The van der Waals surface area contributed by atoms with Gasteiger partial charge in [0.2, 0.25) is 0 Å². The average molecular weight is 268 g/mol. The van der Waals surface area contributed by atoms with Gasteiger partial charge in [-0.05, 0) is 18.6 Å². The summed E-state index contributed by atoms with van der Waals surface area (Å²) in [6.07, 6.45) is 0.608. The van der Waals surface area contributed by atoms with Crippen molar-refractivity contribution in [3.63, 3.8) is 0 Å². The molecule has 1 aromatic heterocycles. The zero-order valence-electron chi connectivity index (χ0n) is 9.74. The molecule has 0 saturated carbocycles. The molecule has 4 N–H and O–H groups in total. The van der Waals surface area contributed by atoms with Crippen LogP contribution in [0.3, 0.4) is 0 Å². The number of rotatable bonds is 6. The number of carboxylic acids is 2. The fourth-order valence-electron chi connectivity index (χ4n) is 1.32. The van der Waals surface area contributed by atoms with Crippen molar-refractivity contribution in [2.45, 2.75) is 18.9 Å². The smallest absolute Gasteiger partial charge is 0.326 e. The SMILES string of the molecule is O=C(O)CCC(NC(=O)c1ncccc1O)C(=O)O. The van der Waals surface area contributed by atoms with E-state index in [2.05, 4.69) is 10.3 Å². The molecule has 8 heteroatoms. The topological polar surface area (TPSA) is 137 Å². The number of pyridine rings is 1. The Morgan fingerprint density at radius 1 is 1.32 bits per heavy atom. The lowest BCUT2D eigenvalue weighted by Gasteiger charge is -2.13. The minimum absolute atomic E-state index is 0.260. The zero-order valence-corrected chi connectivity index (χ0v) is 9.74. The van der Waals surface area contributed by atoms with Crippen LogP contribution in [0.2, 0.25) is 0 Å². The normalized spacial score (nSPS) is 11.6. The third kappa shape index (κ3) is 4.26. The number of aliphatic carboxylic acids is 2. The maximum atomic E-state index is 11.7. The zero-order chi connectivity index (χ0) is 14.4. The Morgan fingerprint density at radius 2 is 2.00 bits per heavy atom. The van der Waals surface area contributed by atoms with Gasteiger partial charge >= 0.3 is 11.9 Å². The number of aromatic nitrogens is 1. The van der Waals surface area contributed by atoms with E-state index in [0.29, 0.717) is 0 Å². The number of nitrogens with one attached hydrogen (secondary N) is 1. The molecule has 19 heavy (non-hydrogen) atoms. The lowest BCUT2D eigenvalue weighted by Crippen LogP contribution is -2.41. The molecule has 0 radical (unpaired) electrons. The van der Waals surface area contributed by atoms with Gasteiger partial charge < -0.3 is 20.6 Å². The van der Waals surface area contributed by atoms with E-state index in [1.165, 1.54) is 18.3 Å². The van der Waals surface area contributed by atoms with Gasteiger partial charge in [-0.2, -0.15) is 0 Å². The first-order valence-corrected chi connectivity index (χ1v) is 5.31. The molecule has 1 unspecified atom stereocenters. The molecule has 0 aliphatic heterocycles. The molecule has 1 rings (SSSR count). The molecular weight excluding hydrogens is 256 g/mol. The quantitative estimate of drug-likeness (QED) is 0.562. The van der Waals surface area contributed by atoms with Gasteiger partial charge in [0.15, 0.2) is 5.69 Å². The van der Waals surface area contributed by atoms with Gasteiger partial charge in [0.25, 0.3) is 5.91 Å². The van der Waals surface area contributed by atoms with Crippen LogP contribution in [-0.2, 0) is 9.59 Å². The molecule has 1 amide bonds. The van der Waals surface area contributed by atoms with Gasteiger partial charge in [0, 0.05) is 12.6 Å². The maximum absolute atomic E-state index is 11.7. The van der Waals surface area contributed by atoms with E-state index < -0.39 is 30.3 Å². The largest absolute Gasteiger partial charge is 0.505 e. The Morgan fingerprint density at radius 3 is 2.53 bits per heavy atom. The summed E-state index contributed by atoms with van der Waals surface area (Å²) in [6.45, 7) is 0. The summed E-state index contributed by atoms with van der Waals surface area (Å²) in [6, 6.07) is 1.28. The number of carboxylic acid groups (broad SMARTS) is 2. The molecule has 8 nitrogen and oxygen atoms in total. The Balaban J connectivity index is 2.74. The van der Waals surface area contributed by atoms with Crippen LogP contribution < -0.4 is 5.32 Å². The molecule has 0 aromatic carbocycles. The highest BCUT2D eigenvalue weighted by Crippen LogP contribution is 2.12. The molecule has 0 saturated heterocycles.